The monoisotopic (exact) mass is 267 g/mol. The molecule has 1 aliphatic rings. The van der Waals surface area contributed by atoms with Crippen molar-refractivity contribution >= 4 is 22.4 Å². The molecule has 2 rings (SSSR count). The van der Waals surface area contributed by atoms with Crippen LogP contribution in [-0.4, -0.2) is 42.6 Å². The van der Waals surface area contributed by atoms with Crippen molar-refractivity contribution in [2.75, 3.05) is 32.5 Å². The van der Waals surface area contributed by atoms with Gasteiger partial charge < -0.3 is 15.4 Å². The number of anilines is 1. The molecule has 1 aromatic heterocycles. The van der Waals surface area contributed by atoms with Crippen LogP contribution in [0.4, 0.5) is 5.13 Å². The molecule has 0 aliphatic carbocycles. The number of ether oxygens (including phenoxy) is 1. The van der Waals surface area contributed by atoms with Gasteiger partial charge in [0.15, 0.2) is 5.13 Å². The number of nitrogen functional groups attached to an aromatic ring is 1. The van der Waals surface area contributed by atoms with Crippen LogP contribution >= 0.6 is 11.3 Å². The Kier molecular flexibility index (Phi) is 4.33. The molecule has 0 bridgehead atoms. The number of aromatic nitrogens is 1. The molecule has 6 heteroatoms. The molecular formula is C12H17N3O2S. The van der Waals surface area contributed by atoms with Gasteiger partial charge in [-0.05, 0) is 12.0 Å². The smallest absolute Gasteiger partial charge is 0.228 e. The van der Waals surface area contributed by atoms with Crippen molar-refractivity contribution in [1.82, 2.24) is 9.88 Å². The van der Waals surface area contributed by atoms with Crippen LogP contribution in [0.3, 0.4) is 0 Å². The molecule has 5 nitrogen and oxygen atoms in total. The van der Waals surface area contributed by atoms with Crippen molar-refractivity contribution in [3.63, 3.8) is 0 Å². The largest absolute Gasteiger partial charge is 0.380 e. The normalized spacial score (nSPS) is 15.6. The number of carbonyl (C=O) groups excluding carboxylic acids is 1. The zero-order valence-electron chi connectivity index (χ0n) is 10.4. The van der Waals surface area contributed by atoms with Gasteiger partial charge in [-0.25, -0.2) is 4.98 Å². The fraction of sp³-hybridized carbons (Fsp3) is 0.500. The maximum atomic E-state index is 12.0. The third-order valence-corrected chi connectivity index (χ3v) is 3.61. The molecule has 2 N–H and O–H groups in total. The predicted octanol–water partition coefficient (Wildman–Crippen LogP) is 1.07. The molecule has 0 unspecified atom stereocenters. The molecule has 18 heavy (non-hydrogen) atoms. The standard InChI is InChI=1S/C12H17N3O2S/c1-17-7-9-2-4-15(5-3-9)11(16)6-10-8-18-12(13)14-10/h2,8H,3-7H2,1H3,(H2,13,14). The van der Waals surface area contributed by atoms with E-state index in [0.717, 1.165) is 18.7 Å². The quantitative estimate of drug-likeness (QED) is 0.829. The Bertz CT molecular complexity index is 456. The highest BCUT2D eigenvalue weighted by molar-refractivity contribution is 7.13. The van der Waals surface area contributed by atoms with E-state index in [0.29, 0.717) is 24.7 Å². The third-order valence-electron chi connectivity index (χ3n) is 2.89. The summed E-state index contributed by atoms with van der Waals surface area (Å²) >= 11 is 1.37. The first-order chi connectivity index (χ1) is 8.69. The van der Waals surface area contributed by atoms with E-state index in [9.17, 15) is 4.79 Å². The van der Waals surface area contributed by atoms with E-state index < -0.39 is 0 Å². The molecule has 1 aliphatic heterocycles. The number of nitrogens with two attached hydrogens (primary N) is 1. The number of nitrogens with zero attached hydrogens (tertiary/aromatic N) is 2. The van der Waals surface area contributed by atoms with E-state index in [-0.39, 0.29) is 5.91 Å². The van der Waals surface area contributed by atoms with Crippen LogP contribution in [-0.2, 0) is 16.0 Å². The number of carbonyl (C=O) groups is 1. The van der Waals surface area contributed by atoms with Gasteiger partial charge >= 0.3 is 0 Å². The summed E-state index contributed by atoms with van der Waals surface area (Å²) in [5, 5.41) is 2.35. The summed E-state index contributed by atoms with van der Waals surface area (Å²) in [7, 11) is 1.69. The van der Waals surface area contributed by atoms with Crippen LogP contribution in [0.25, 0.3) is 0 Å². The van der Waals surface area contributed by atoms with Crippen LogP contribution in [0, 0.1) is 0 Å². The first-order valence-corrected chi connectivity index (χ1v) is 6.71. The second kappa shape index (κ2) is 5.97. The topological polar surface area (TPSA) is 68.5 Å². The fourth-order valence-electron chi connectivity index (χ4n) is 1.92. The molecule has 0 atom stereocenters. The first-order valence-electron chi connectivity index (χ1n) is 5.83. The van der Waals surface area contributed by atoms with Gasteiger partial charge in [0.1, 0.15) is 0 Å². The van der Waals surface area contributed by atoms with Crippen molar-refractivity contribution < 1.29 is 9.53 Å². The van der Waals surface area contributed by atoms with E-state index in [2.05, 4.69) is 11.1 Å². The predicted molar refractivity (Wildman–Crippen MR) is 71.4 cm³/mol. The van der Waals surface area contributed by atoms with Gasteiger partial charge in [0.2, 0.25) is 5.91 Å². The molecule has 2 heterocycles. The van der Waals surface area contributed by atoms with Gasteiger partial charge in [0.25, 0.3) is 0 Å². The summed E-state index contributed by atoms with van der Waals surface area (Å²) in [6.45, 7) is 2.08. The lowest BCUT2D eigenvalue weighted by Gasteiger charge is -2.26. The lowest BCUT2D eigenvalue weighted by Crippen LogP contribution is -2.36. The lowest BCUT2D eigenvalue weighted by atomic mass is 10.1. The van der Waals surface area contributed by atoms with Crippen molar-refractivity contribution in [3.8, 4) is 0 Å². The molecule has 1 amide bonds. The summed E-state index contributed by atoms with van der Waals surface area (Å²) in [6.07, 6.45) is 3.29. The van der Waals surface area contributed by atoms with E-state index >= 15 is 0 Å². The summed E-state index contributed by atoms with van der Waals surface area (Å²) in [4.78, 5) is 18.0. The molecule has 1 aromatic rings. The Labute approximate surface area is 110 Å². The number of rotatable bonds is 4. The minimum atomic E-state index is 0.105. The summed E-state index contributed by atoms with van der Waals surface area (Å²) < 4.78 is 5.08. The minimum absolute atomic E-state index is 0.105. The molecule has 0 radical (unpaired) electrons. The van der Waals surface area contributed by atoms with Gasteiger partial charge in [-0.1, -0.05) is 6.08 Å². The summed E-state index contributed by atoms with van der Waals surface area (Å²) in [5.41, 5.74) is 7.57. The maximum absolute atomic E-state index is 12.0. The average Bonchev–Trinajstić information content (AvgIpc) is 2.76. The second-order valence-electron chi connectivity index (χ2n) is 4.24. The van der Waals surface area contributed by atoms with E-state index in [4.69, 9.17) is 10.5 Å². The van der Waals surface area contributed by atoms with Crippen LogP contribution in [0.2, 0.25) is 0 Å². The lowest BCUT2D eigenvalue weighted by molar-refractivity contribution is -0.130. The SMILES string of the molecule is COCC1=CCN(C(=O)Cc2csc(N)n2)CC1. The number of thiazole rings is 1. The number of hydrogen-bond donors (Lipinski definition) is 1. The highest BCUT2D eigenvalue weighted by atomic mass is 32.1. The second-order valence-corrected chi connectivity index (χ2v) is 5.13. The van der Waals surface area contributed by atoms with Crippen LogP contribution in [0.5, 0.6) is 0 Å². The molecule has 0 saturated heterocycles. The zero-order valence-corrected chi connectivity index (χ0v) is 11.2. The van der Waals surface area contributed by atoms with Crippen LogP contribution in [0.1, 0.15) is 12.1 Å². The Balaban J connectivity index is 1.88. The minimum Gasteiger partial charge on any atom is -0.380 e. The third kappa shape index (κ3) is 3.30. The summed E-state index contributed by atoms with van der Waals surface area (Å²) in [6, 6.07) is 0. The zero-order chi connectivity index (χ0) is 13.0. The number of amides is 1. The average molecular weight is 267 g/mol. The fourth-order valence-corrected chi connectivity index (χ4v) is 2.49. The van der Waals surface area contributed by atoms with Crippen molar-refractivity contribution in [1.29, 1.82) is 0 Å². The van der Waals surface area contributed by atoms with E-state index in [1.807, 2.05) is 10.3 Å². The Morgan fingerprint density at radius 3 is 3.06 bits per heavy atom. The molecule has 0 saturated carbocycles. The Morgan fingerprint density at radius 2 is 2.50 bits per heavy atom. The van der Waals surface area contributed by atoms with Gasteiger partial charge in [-0.3, -0.25) is 4.79 Å². The van der Waals surface area contributed by atoms with Crippen LogP contribution in [0.15, 0.2) is 17.0 Å². The first kappa shape index (κ1) is 13.0. The molecule has 0 fully saturated rings. The van der Waals surface area contributed by atoms with Gasteiger partial charge in [-0.2, -0.15) is 0 Å². The molecule has 0 spiro atoms. The van der Waals surface area contributed by atoms with Crippen molar-refractivity contribution in [2.45, 2.75) is 12.8 Å². The van der Waals surface area contributed by atoms with Crippen molar-refractivity contribution in [2.24, 2.45) is 0 Å². The van der Waals surface area contributed by atoms with E-state index in [1.54, 1.807) is 7.11 Å². The molecular weight excluding hydrogens is 250 g/mol. The van der Waals surface area contributed by atoms with Crippen molar-refractivity contribution in [3.05, 3.63) is 22.7 Å². The van der Waals surface area contributed by atoms with E-state index in [1.165, 1.54) is 16.9 Å². The number of methoxy groups -OCH3 is 1. The summed E-state index contributed by atoms with van der Waals surface area (Å²) in [5.74, 6) is 0.105. The highest BCUT2D eigenvalue weighted by Crippen LogP contribution is 2.15. The van der Waals surface area contributed by atoms with Crippen LogP contribution < -0.4 is 5.73 Å². The van der Waals surface area contributed by atoms with Gasteiger partial charge in [0.05, 0.1) is 18.7 Å². The molecule has 0 aromatic carbocycles. The van der Waals surface area contributed by atoms with Gasteiger partial charge in [-0.15, -0.1) is 11.3 Å². The Morgan fingerprint density at radius 1 is 1.67 bits per heavy atom. The maximum Gasteiger partial charge on any atom is 0.228 e. The molecule has 98 valence electrons. The highest BCUT2D eigenvalue weighted by Gasteiger charge is 2.18. The van der Waals surface area contributed by atoms with Gasteiger partial charge in [0, 0.05) is 25.6 Å². The number of hydrogen-bond acceptors (Lipinski definition) is 5. The Hall–Kier alpha value is -1.40.